The predicted octanol–water partition coefficient (Wildman–Crippen LogP) is 3.05. The normalized spacial score (nSPS) is 21.0. The van der Waals surface area contributed by atoms with Gasteiger partial charge in [0.25, 0.3) is 0 Å². The molecule has 1 fully saturated rings. The Bertz CT molecular complexity index is 609. The molecule has 0 amide bonds. The summed E-state index contributed by atoms with van der Waals surface area (Å²) in [5.74, 6) is -0.187. The lowest BCUT2D eigenvalue weighted by Gasteiger charge is -2.33. The van der Waals surface area contributed by atoms with E-state index in [2.05, 4.69) is 23.0 Å². The molecule has 0 N–H and O–H groups in total. The molecule has 1 aliphatic heterocycles. The van der Waals surface area contributed by atoms with Crippen LogP contribution in [0.1, 0.15) is 17.5 Å². The van der Waals surface area contributed by atoms with E-state index in [1.54, 1.807) is 18.3 Å². The molecule has 122 valence electrons. The summed E-state index contributed by atoms with van der Waals surface area (Å²) in [5, 5.41) is 0. The Morgan fingerprint density at radius 3 is 2.74 bits per heavy atom. The van der Waals surface area contributed by atoms with Gasteiger partial charge in [-0.1, -0.05) is 18.2 Å². The summed E-state index contributed by atoms with van der Waals surface area (Å²) in [6.07, 6.45) is 5.68. The molecule has 23 heavy (non-hydrogen) atoms. The summed E-state index contributed by atoms with van der Waals surface area (Å²) in [7, 11) is 2.14. The molecule has 4 heteroatoms. The number of hydrogen-bond donors (Lipinski definition) is 0. The fraction of sp³-hybridized carbons (Fsp3) is 0.421. The highest BCUT2D eigenvalue weighted by molar-refractivity contribution is 5.28. The molecule has 0 saturated carbocycles. The Balaban J connectivity index is 1.66. The number of halogens is 1. The Kier molecular flexibility index (Phi) is 5.03. The predicted molar refractivity (Wildman–Crippen MR) is 89.0 cm³/mol. The average Bonchev–Trinajstić information content (AvgIpc) is 3.04. The van der Waals surface area contributed by atoms with Crippen molar-refractivity contribution in [2.75, 3.05) is 33.4 Å². The van der Waals surface area contributed by atoms with Gasteiger partial charge >= 0.3 is 0 Å². The van der Waals surface area contributed by atoms with E-state index in [1.807, 2.05) is 24.4 Å². The molecule has 3 rings (SSSR count). The van der Waals surface area contributed by atoms with Crippen molar-refractivity contribution in [1.29, 1.82) is 0 Å². The molecule has 1 saturated heterocycles. The van der Waals surface area contributed by atoms with Crippen molar-refractivity contribution >= 4 is 0 Å². The number of nitrogens with zero attached hydrogens (tertiary/aromatic N) is 2. The zero-order chi connectivity index (χ0) is 16.1. The molecule has 1 atom stereocenters. The minimum atomic E-state index is -0.187. The third kappa shape index (κ3) is 3.95. The van der Waals surface area contributed by atoms with Gasteiger partial charge in [-0.05, 0) is 49.2 Å². The van der Waals surface area contributed by atoms with E-state index < -0.39 is 0 Å². The third-order valence-electron chi connectivity index (χ3n) is 4.64. The molecule has 3 nitrogen and oxygen atoms in total. The second-order valence-electron chi connectivity index (χ2n) is 6.44. The zero-order valence-corrected chi connectivity index (χ0v) is 13.5. The summed E-state index contributed by atoms with van der Waals surface area (Å²) < 4.78 is 18.9. The lowest BCUT2D eigenvalue weighted by atomic mass is 9.79. The van der Waals surface area contributed by atoms with Gasteiger partial charge in [0.1, 0.15) is 5.82 Å². The largest absolute Gasteiger partial charge is 0.380 e. The highest BCUT2D eigenvalue weighted by Crippen LogP contribution is 2.34. The Labute approximate surface area is 137 Å². The number of rotatable bonds is 6. The molecule has 1 aromatic carbocycles. The topological polar surface area (TPSA) is 25.4 Å². The van der Waals surface area contributed by atoms with Crippen molar-refractivity contribution in [3.05, 3.63) is 65.7 Å². The van der Waals surface area contributed by atoms with Crippen LogP contribution in [-0.2, 0) is 16.6 Å². The van der Waals surface area contributed by atoms with E-state index in [0.29, 0.717) is 6.61 Å². The summed E-state index contributed by atoms with van der Waals surface area (Å²) >= 11 is 0. The van der Waals surface area contributed by atoms with Crippen LogP contribution in [0.4, 0.5) is 4.39 Å². The lowest BCUT2D eigenvalue weighted by molar-refractivity contribution is 0.159. The van der Waals surface area contributed by atoms with Gasteiger partial charge in [0.2, 0.25) is 0 Å². The SMILES string of the molecule is CN(CCc1cccnc1)CC1(c2ccc(F)cc2)CCOC1. The van der Waals surface area contributed by atoms with E-state index in [0.717, 1.165) is 32.5 Å². The maximum Gasteiger partial charge on any atom is 0.123 e. The molecular formula is C19H23FN2O. The van der Waals surface area contributed by atoms with Crippen LogP contribution in [0.15, 0.2) is 48.8 Å². The van der Waals surface area contributed by atoms with Crippen molar-refractivity contribution in [2.45, 2.75) is 18.3 Å². The molecule has 1 aromatic heterocycles. The van der Waals surface area contributed by atoms with Crippen molar-refractivity contribution in [3.8, 4) is 0 Å². The highest BCUT2D eigenvalue weighted by Gasteiger charge is 2.37. The van der Waals surface area contributed by atoms with Crippen LogP contribution in [0.3, 0.4) is 0 Å². The fourth-order valence-corrected chi connectivity index (χ4v) is 3.32. The van der Waals surface area contributed by atoms with E-state index in [-0.39, 0.29) is 11.2 Å². The van der Waals surface area contributed by atoms with Gasteiger partial charge < -0.3 is 9.64 Å². The first kappa shape index (κ1) is 16.1. The Morgan fingerprint density at radius 1 is 1.26 bits per heavy atom. The van der Waals surface area contributed by atoms with Gasteiger partial charge in [-0.25, -0.2) is 4.39 Å². The standard InChI is InChI=1S/C19H23FN2O/c1-22(11-8-16-3-2-10-21-13-16)14-19(9-12-23-15-19)17-4-6-18(20)7-5-17/h2-7,10,13H,8-9,11-12,14-15H2,1H3. The van der Waals surface area contributed by atoms with Crippen molar-refractivity contribution in [3.63, 3.8) is 0 Å². The molecule has 2 aromatic rings. The molecule has 1 aliphatic rings. The van der Waals surface area contributed by atoms with Gasteiger partial charge in [0.15, 0.2) is 0 Å². The lowest BCUT2D eigenvalue weighted by Crippen LogP contribution is -2.40. The van der Waals surface area contributed by atoms with Gasteiger partial charge in [-0.2, -0.15) is 0 Å². The monoisotopic (exact) mass is 314 g/mol. The quantitative estimate of drug-likeness (QED) is 0.819. The number of likely N-dealkylation sites (N-methyl/N-ethyl adjacent to an activating group) is 1. The first-order valence-corrected chi connectivity index (χ1v) is 8.09. The van der Waals surface area contributed by atoms with Crippen LogP contribution in [0, 0.1) is 5.82 Å². The maximum atomic E-state index is 13.2. The van der Waals surface area contributed by atoms with Crippen LogP contribution in [0.5, 0.6) is 0 Å². The minimum absolute atomic E-state index is 0.0304. The number of benzene rings is 1. The van der Waals surface area contributed by atoms with E-state index >= 15 is 0 Å². The van der Waals surface area contributed by atoms with Crippen molar-refractivity contribution < 1.29 is 9.13 Å². The van der Waals surface area contributed by atoms with Gasteiger partial charge in [-0.3, -0.25) is 4.98 Å². The van der Waals surface area contributed by atoms with Crippen LogP contribution >= 0.6 is 0 Å². The molecule has 0 radical (unpaired) electrons. The minimum Gasteiger partial charge on any atom is -0.380 e. The molecule has 2 heterocycles. The fourth-order valence-electron chi connectivity index (χ4n) is 3.32. The van der Waals surface area contributed by atoms with Gasteiger partial charge in [0.05, 0.1) is 6.61 Å². The second kappa shape index (κ2) is 7.20. The average molecular weight is 314 g/mol. The number of aromatic nitrogens is 1. The number of ether oxygens (including phenoxy) is 1. The van der Waals surface area contributed by atoms with E-state index in [4.69, 9.17) is 4.74 Å². The Morgan fingerprint density at radius 2 is 2.09 bits per heavy atom. The van der Waals surface area contributed by atoms with Crippen LogP contribution < -0.4 is 0 Å². The first-order valence-electron chi connectivity index (χ1n) is 8.09. The summed E-state index contributed by atoms with van der Waals surface area (Å²) in [5.41, 5.74) is 2.39. The summed E-state index contributed by atoms with van der Waals surface area (Å²) in [6, 6.07) is 11.0. The molecule has 0 spiro atoms. The van der Waals surface area contributed by atoms with Crippen molar-refractivity contribution in [1.82, 2.24) is 9.88 Å². The summed E-state index contributed by atoms with van der Waals surface area (Å²) in [4.78, 5) is 6.50. The molecular weight excluding hydrogens is 291 g/mol. The number of pyridine rings is 1. The zero-order valence-electron chi connectivity index (χ0n) is 13.5. The van der Waals surface area contributed by atoms with Gasteiger partial charge in [0, 0.05) is 37.5 Å². The van der Waals surface area contributed by atoms with Crippen LogP contribution in [-0.4, -0.2) is 43.2 Å². The second-order valence-corrected chi connectivity index (χ2v) is 6.44. The van der Waals surface area contributed by atoms with E-state index in [1.165, 1.54) is 11.1 Å². The smallest absolute Gasteiger partial charge is 0.123 e. The van der Waals surface area contributed by atoms with Crippen LogP contribution in [0.2, 0.25) is 0 Å². The van der Waals surface area contributed by atoms with E-state index in [9.17, 15) is 4.39 Å². The Hall–Kier alpha value is -1.78. The number of hydrogen-bond acceptors (Lipinski definition) is 3. The molecule has 0 bridgehead atoms. The van der Waals surface area contributed by atoms with Crippen molar-refractivity contribution in [2.24, 2.45) is 0 Å². The highest BCUT2D eigenvalue weighted by atomic mass is 19.1. The molecule has 0 aliphatic carbocycles. The van der Waals surface area contributed by atoms with Crippen LogP contribution in [0.25, 0.3) is 0 Å². The van der Waals surface area contributed by atoms with Gasteiger partial charge in [-0.15, -0.1) is 0 Å². The maximum absolute atomic E-state index is 13.2. The third-order valence-corrected chi connectivity index (χ3v) is 4.64. The molecule has 1 unspecified atom stereocenters. The summed E-state index contributed by atoms with van der Waals surface area (Å²) in [6.45, 7) is 3.36. The first-order chi connectivity index (χ1) is 11.2.